The van der Waals surface area contributed by atoms with Gasteiger partial charge in [-0.25, -0.2) is 4.39 Å². The lowest BCUT2D eigenvalue weighted by Crippen LogP contribution is -2.13. The molecule has 180 valence electrons. The van der Waals surface area contributed by atoms with Crippen LogP contribution in [0.2, 0.25) is 0 Å². The highest BCUT2D eigenvalue weighted by atomic mass is 19.1. The number of hydrogen-bond donors (Lipinski definition) is 3. The van der Waals surface area contributed by atoms with Gasteiger partial charge in [-0.15, -0.1) is 0 Å². The molecule has 7 heteroatoms. The van der Waals surface area contributed by atoms with Crippen LogP contribution in [0, 0.1) is 11.7 Å². The minimum atomic E-state index is -0.253. The monoisotopic (exact) mass is 487 g/mol. The average Bonchev–Trinajstić information content (AvgIpc) is 3.55. The van der Waals surface area contributed by atoms with Crippen molar-refractivity contribution in [3.05, 3.63) is 91.0 Å². The van der Waals surface area contributed by atoms with Gasteiger partial charge in [0.05, 0.1) is 23.1 Å². The normalized spacial score (nSPS) is 13.3. The summed E-state index contributed by atoms with van der Waals surface area (Å²) >= 11 is 0. The van der Waals surface area contributed by atoms with Crippen molar-refractivity contribution >= 4 is 33.4 Å². The van der Waals surface area contributed by atoms with E-state index in [-0.39, 0.29) is 17.6 Å². The molecule has 1 fully saturated rings. The summed E-state index contributed by atoms with van der Waals surface area (Å²) in [6.07, 6.45) is 5.36. The van der Waals surface area contributed by atoms with E-state index in [0.29, 0.717) is 11.3 Å². The summed E-state index contributed by atoms with van der Waals surface area (Å²) in [5, 5.41) is 12.6. The van der Waals surface area contributed by atoms with Gasteiger partial charge in [-0.05, 0) is 60.4 Å². The Morgan fingerprint density at radius 3 is 2.59 bits per heavy atom. The second-order valence-corrected chi connectivity index (χ2v) is 9.49. The number of benzene rings is 3. The van der Waals surface area contributed by atoms with E-state index >= 15 is 0 Å². The van der Waals surface area contributed by atoms with E-state index < -0.39 is 0 Å². The molecule has 0 spiro atoms. The Kier molecular flexibility index (Phi) is 4.89. The van der Waals surface area contributed by atoms with Crippen molar-refractivity contribution in [3.63, 3.8) is 0 Å². The van der Waals surface area contributed by atoms with E-state index in [1.807, 2.05) is 48.5 Å². The third-order valence-electron chi connectivity index (χ3n) is 6.93. The van der Waals surface area contributed by atoms with Crippen molar-refractivity contribution in [2.45, 2.75) is 12.8 Å². The van der Waals surface area contributed by atoms with E-state index in [0.717, 1.165) is 62.7 Å². The zero-order chi connectivity index (χ0) is 24.9. The Morgan fingerprint density at radius 2 is 1.73 bits per heavy atom. The van der Waals surface area contributed by atoms with Gasteiger partial charge < -0.3 is 10.3 Å². The van der Waals surface area contributed by atoms with Crippen LogP contribution in [0.5, 0.6) is 0 Å². The Labute approximate surface area is 211 Å². The van der Waals surface area contributed by atoms with Gasteiger partial charge in [0.2, 0.25) is 5.91 Å². The lowest BCUT2D eigenvalue weighted by Gasteiger charge is -2.07. The van der Waals surface area contributed by atoms with E-state index in [9.17, 15) is 9.18 Å². The molecule has 37 heavy (non-hydrogen) atoms. The van der Waals surface area contributed by atoms with Crippen molar-refractivity contribution in [1.82, 2.24) is 20.2 Å². The molecule has 0 atom stereocenters. The van der Waals surface area contributed by atoms with Gasteiger partial charge in [-0.3, -0.25) is 14.9 Å². The standard InChI is InChI=1S/C30H22FN5O/c31-25-6-2-1-4-22(25)21-5-3-7-26-23(21)14-28(34-26)29-24-13-18(10-11-27(24)35-36-29)19-12-20(16-32-15-19)33-30(37)17-8-9-17/h1-7,10-17,34H,8-9H2,(H,33,37)(H,35,36). The fraction of sp³-hybridized carbons (Fsp3) is 0.100. The summed E-state index contributed by atoms with van der Waals surface area (Å²) < 4.78 is 14.6. The maximum atomic E-state index is 14.6. The zero-order valence-electron chi connectivity index (χ0n) is 19.8. The SMILES string of the molecule is O=C(Nc1cncc(-c2ccc3[nH]nc(-c4cc5c(-c6ccccc6F)cccc5[nH]4)c3c2)c1)C1CC1. The summed E-state index contributed by atoms with van der Waals surface area (Å²) in [5.74, 6) is -0.0689. The first kappa shape index (κ1) is 21.5. The van der Waals surface area contributed by atoms with Gasteiger partial charge in [-0.1, -0.05) is 36.4 Å². The highest BCUT2D eigenvalue weighted by molar-refractivity contribution is 6.02. The van der Waals surface area contributed by atoms with Crippen LogP contribution < -0.4 is 5.32 Å². The molecule has 3 heterocycles. The highest BCUT2D eigenvalue weighted by Gasteiger charge is 2.29. The summed E-state index contributed by atoms with van der Waals surface area (Å²) in [6, 6.07) is 22.7. The molecule has 6 nitrogen and oxygen atoms in total. The number of pyridine rings is 1. The molecule has 0 unspecified atom stereocenters. The summed E-state index contributed by atoms with van der Waals surface area (Å²) in [5.41, 5.74) is 7.38. The number of amides is 1. The van der Waals surface area contributed by atoms with Crippen molar-refractivity contribution in [1.29, 1.82) is 0 Å². The van der Waals surface area contributed by atoms with Crippen LogP contribution in [-0.4, -0.2) is 26.1 Å². The van der Waals surface area contributed by atoms with Gasteiger partial charge in [0.25, 0.3) is 0 Å². The van der Waals surface area contributed by atoms with Gasteiger partial charge in [0.1, 0.15) is 11.5 Å². The highest BCUT2D eigenvalue weighted by Crippen LogP contribution is 2.36. The first-order chi connectivity index (χ1) is 18.1. The van der Waals surface area contributed by atoms with Crippen LogP contribution in [0.15, 0.2) is 85.2 Å². The smallest absolute Gasteiger partial charge is 0.227 e. The van der Waals surface area contributed by atoms with Gasteiger partial charge >= 0.3 is 0 Å². The van der Waals surface area contributed by atoms with Crippen LogP contribution in [-0.2, 0) is 4.79 Å². The van der Waals surface area contributed by atoms with Crippen LogP contribution in [0.1, 0.15) is 12.8 Å². The third-order valence-corrected chi connectivity index (χ3v) is 6.93. The molecule has 0 bridgehead atoms. The van der Waals surface area contributed by atoms with Gasteiger partial charge in [0, 0.05) is 39.5 Å². The van der Waals surface area contributed by atoms with Crippen LogP contribution in [0.3, 0.4) is 0 Å². The van der Waals surface area contributed by atoms with Gasteiger partial charge in [-0.2, -0.15) is 5.10 Å². The topological polar surface area (TPSA) is 86.5 Å². The maximum absolute atomic E-state index is 14.6. The number of hydrogen-bond acceptors (Lipinski definition) is 3. The lowest BCUT2D eigenvalue weighted by atomic mass is 10.0. The Bertz CT molecular complexity index is 1810. The second kappa shape index (κ2) is 8.41. The third kappa shape index (κ3) is 3.85. The number of aromatic nitrogens is 4. The summed E-state index contributed by atoms with van der Waals surface area (Å²) in [7, 11) is 0. The van der Waals surface area contributed by atoms with Gasteiger partial charge in [0.15, 0.2) is 0 Å². The van der Waals surface area contributed by atoms with E-state index in [4.69, 9.17) is 0 Å². The molecule has 0 aliphatic heterocycles. The second-order valence-electron chi connectivity index (χ2n) is 9.49. The molecule has 1 amide bonds. The molecule has 1 aliphatic carbocycles. The number of nitrogens with zero attached hydrogens (tertiary/aromatic N) is 2. The number of aromatic amines is 2. The number of carbonyl (C=O) groups is 1. The van der Waals surface area contributed by atoms with Crippen LogP contribution in [0.25, 0.3) is 55.4 Å². The molecule has 6 aromatic rings. The fourth-order valence-corrected chi connectivity index (χ4v) is 4.85. The molecule has 3 aromatic carbocycles. The largest absolute Gasteiger partial charge is 0.353 e. The molecular weight excluding hydrogens is 465 g/mol. The molecule has 3 aromatic heterocycles. The molecule has 1 saturated carbocycles. The number of nitrogens with one attached hydrogen (secondary N) is 3. The molecule has 3 N–H and O–H groups in total. The first-order valence-electron chi connectivity index (χ1n) is 12.3. The molecule has 0 radical (unpaired) electrons. The molecule has 7 rings (SSSR count). The first-order valence-corrected chi connectivity index (χ1v) is 12.3. The Morgan fingerprint density at radius 1 is 0.865 bits per heavy atom. The number of H-pyrrole nitrogens is 2. The van der Waals surface area contributed by atoms with E-state index in [1.165, 1.54) is 6.07 Å². The number of halogens is 1. The summed E-state index contributed by atoms with van der Waals surface area (Å²) in [4.78, 5) is 20.0. The molecule has 1 aliphatic rings. The van der Waals surface area contributed by atoms with Crippen molar-refractivity contribution in [3.8, 4) is 33.6 Å². The van der Waals surface area contributed by atoms with E-state index in [2.05, 4.69) is 31.5 Å². The summed E-state index contributed by atoms with van der Waals surface area (Å²) in [6.45, 7) is 0. The number of carbonyl (C=O) groups excluding carboxylic acids is 1. The molecule has 0 saturated heterocycles. The lowest BCUT2D eigenvalue weighted by molar-refractivity contribution is -0.117. The maximum Gasteiger partial charge on any atom is 0.227 e. The number of fused-ring (bicyclic) bond motifs is 2. The minimum absolute atomic E-state index is 0.0556. The quantitative estimate of drug-likeness (QED) is 0.246. The number of anilines is 1. The van der Waals surface area contributed by atoms with Crippen molar-refractivity contribution in [2.24, 2.45) is 5.92 Å². The van der Waals surface area contributed by atoms with E-state index in [1.54, 1.807) is 24.5 Å². The van der Waals surface area contributed by atoms with Crippen molar-refractivity contribution in [2.75, 3.05) is 5.32 Å². The fourth-order valence-electron chi connectivity index (χ4n) is 4.85. The predicted molar refractivity (Wildman–Crippen MR) is 143 cm³/mol. The Hall–Kier alpha value is -4.78. The Balaban J connectivity index is 1.29. The molecular formula is C30H22FN5O. The zero-order valence-corrected chi connectivity index (χ0v) is 19.8. The predicted octanol–water partition coefficient (Wildman–Crippen LogP) is 6.93. The van der Waals surface area contributed by atoms with Crippen molar-refractivity contribution < 1.29 is 9.18 Å². The number of rotatable bonds is 5. The van der Waals surface area contributed by atoms with Crippen LogP contribution >= 0.6 is 0 Å². The van der Waals surface area contributed by atoms with Crippen LogP contribution in [0.4, 0.5) is 10.1 Å². The minimum Gasteiger partial charge on any atom is -0.353 e. The average molecular weight is 488 g/mol.